The molecule has 1 aromatic carbocycles. The van der Waals surface area contributed by atoms with Crippen LogP contribution in [0.5, 0.6) is 17.2 Å². The quantitative estimate of drug-likeness (QED) is 0.758. The Kier molecular flexibility index (Phi) is 5.26. The van der Waals surface area contributed by atoms with E-state index in [2.05, 4.69) is 4.74 Å². The Balaban J connectivity index is 3.22. The molecule has 6 heteroatoms. The summed E-state index contributed by atoms with van der Waals surface area (Å²) in [7, 11) is 4.29. The number of ether oxygens (including phenoxy) is 4. The SMILES string of the molecule is COC(=O)c1cc(OC)c(OC)cc1OCCN. The second-order valence-electron chi connectivity index (χ2n) is 3.33. The normalized spacial score (nSPS) is 9.78. The Morgan fingerprint density at radius 3 is 2.22 bits per heavy atom. The van der Waals surface area contributed by atoms with Gasteiger partial charge in [-0.25, -0.2) is 4.79 Å². The van der Waals surface area contributed by atoms with Crippen LogP contribution < -0.4 is 19.9 Å². The minimum absolute atomic E-state index is 0.267. The monoisotopic (exact) mass is 255 g/mol. The third-order valence-electron chi connectivity index (χ3n) is 2.27. The highest BCUT2D eigenvalue weighted by molar-refractivity contribution is 5.93. The van der Waals surface area contributed by atoms with Crippen LogP contribution in [0.25, 0.3) is 0 Å². The van der Waals surface area contributed by atoms with Crippen LogP contribution in [-0.4, -0.2) is 40.5 Å². The van der Waals surface area contributed by atoms with E-state index in [4.69, 9.17) is 19.9 Å². The molecule has 1 rings (SSSR count). The number of rotatable bonds is 6. The molecule has 0 amide bonds. The van der Waals surface area contributed by atoms with E-state index < -0.39 is 5.97 Å². The van der Waals surface area contributed by atoms with E-state index in [0.29, 0.717) is 30.4 Å². The lowest BCUT2D eigenvalue weighted by Crippen LogP contribution is -2.13. The van der Waals surface area contributed by atoms with Gasteiger partial charge < -0.3 is 24.7 Å². The highest BCUT2D eigenvalue weighted by Crippen LogP contribution is 2.35. The van der Waals surface area contributed by atoms with E-state index in [0.717, 1.165) is 0 Å². The van der Waals surface area contributed by atoms with Crippen LogP contribution >= 0.6 is 0 Å². The smallest absolute Gasteiger partial charge is 0.341 e. The summed E-state index contributed by atoms with van der Waals surface area (Å²) in [6, 6.07) is 3.08. The number of carbonyl (C=O) groups excluding carboxylic acids is 1. The van der Waals surface area contributed by atoms with Gasteiger partial charge in [-0.3, -0.25) is 0 Å². The van der Waals surface area contributed by atoms with Gasteiger partial charge in [0.1, 0.15) is 17.9 Å². The third kappa shape index (κ3) is 3.04. The highest BCUT2D eigenvalue weighted by atomic mass is 16.5. The molecule has 0 bridgehead atoms. The molecule has 1 aromatic rings. The van der Waals surface area contributed by atoms with Crippen molar-refractivity contribution in [3.8, 4) is 17.2 Å². The zero-order chi connectivity index (χ0) is 13.5. The van der Waals surface area contributed by atoms with Crippen molar-refractivity contribution < 1.29 is 23.7 Å². The number of carbonyl (C=O) groups is 1. The average molecular weight is 255 g/mol. The van der Waals surface area contributed by atoms with Crippen LogP contribution in [0.2, 0.25) is 0 Å². The van der Waals surface area contributed by atoms with E-state index >= 15 is 0 Å². The van der Waals surface area contributed by atoms with E-state index in [9.17, 15) is 4.79 Å². The van der Waals surface area contributed by atoms with Gasteiger partial charge in [0.2, 0.25) is 0 Å². The maximum absolute atomic E-state index is 11.6. The van der Waals surface area contributed by atoms with E-state index in [1.165, 1.54) is 27.4 Å². The van der Waals surface area contributed by atoms with Crippen molar-refractivity contribution in [2.24, 2.45) is 5.73 Å². The average Bonchev–Trinajstić information content (AvgIpc) is 2.43. The Labute approximate surface area is 106 Å². The molecule has 0 heterocycles. The van der Waals surface area contributed by atoms with Crippen LogP contribution in [0.1, 0.15) is 10.4 Å². The molecule has 6 nitrogen and oxygen atoms in total. The van der Waals surface area contributed by atoms with Crippen molar-refractivity contribution in [2.45, 2.75) is 0 Å². The Bertz CT molecular complexity index is 419. The van der Waals surface area contributed by atoms with Crippen molar-refractivity contribution in [3.05, 3.63) is 17.7 Å². The molecule has 0 saturated carbocycles. The molecule has 0 radical (unpaired) electrons. The number of esters is 1. The summed E-state index contributed by atoms with van der Waals surface area (Å²) in [4.78, 5) is 11.6. The Morgan fingerprint density at radius 1 is 1.11 bits per heavy atom. The van der Waals surface area contributed by atoms with Crippen molar-refractivity contribution in [2.75, 3.05) is 34.5 Å². The second kappa shape index (κ2) is 6.70. The van der Waals surface area contributed by atoms with Crippen molar-refractivity contribution in [1.29, 1.82) is 0 Å². The van der Waals surface area contributed by atoms with E-state index in [-0.39, 0.29) is 5.56 Å². The van der Waals surface area contributed by atoms with Gasteiger partial charge in [0.25, 0.3) is 0 Å². The molecule has 2 N–H and O–H groups in total. The summed E-state index contributed by atoms with van der Waals surface area (Å²) in [6.07, 6.45) is 0. The summed E-state index contributed by atoms with van der Waals surface area (Å²) < 4.78 is 20.3. The van der Waals surface area contributed by atoms with Gasteiger partial charge in [-0.05, 0) is 0 Å². The number of hydrogen-bond acceptors (Lipinski definition) is 6. The van der Waals surface area contributed by atoms with Gasteiger partial charge in [-0.1, -0.05) is 0 Å². The minimum Gasteiger partial charge on any atom is -0.493 e. The summed E-state index contributed by atoms with van der Waals surface area (Å²) in [5.41, 5.74) is 5.63. The van der Waals surface area contributed by atoms with Crippen LogP contribution in [0.3, 0.4) is 0 Å². The molecular formula is C12H17NO5. The molecule has 0 atom stereocenters. The third-order valence-corrected chi connectivity index (χ3v) is 2.27. The predicted octanol–water partition coefficient (Wildman–Crippen LogP) is 0.828. The van der Waals surface area contributed by atoms with Gasteiger partial charge >= 0.3 is 5.97 Å². The first kappa shape index (κ1) is 14.1. The molecule has 100 valence electrons. The molecule has 0 fully saturated rings. The number of methoxy groups -OCH3 is 3. The largest absolute Gasteiger partial charge is 0.493 e. The lowest BCUT2D eigenvalue weighted by Gasteiger charge is -2.14. The molecule has 0 aliphatic rings. The van der Waals surface area contributed by atoms with Crippen LogP contribution in [0.4, 0.5) is 0 Å². The second-order valence-corrected chi connectivity index (χ2v) is 3.33. The molecule has 18 heavy (non-hydrogen) atoms. The molecule has 0 aliphatic carbocycles. The number of hydrogen-bond donors (Lipinski definition) is 1. The first-order valence-electron chi connectivity index (χ1n) is 5.35. The van der Waals surface area contributed by atoms with Gasteiger partial charge in [0.15, 0.2) is 11.5 Å². The molecule has 0 unspecified atom stereocenters. The summed E-state index contributed by atoms with van der Waals surface area (Å²) in [5, 5.41) is 0. The topological polar surface area (TPSA) is 80.0 Å². The molecule has 0 spiro atoms. The zero-order valence-electron chi connectivity index (χ0n) is 10.7. The molecule has 0 aromatic heterocycles. The first-order valence-corrected chi connectivity index (χ1v) is 5.35. The fourth-order valence-electron chi connectivity index (χ4n) is 1.42. The zero-order valence-corrected chi connectivity index (χ0v) is 10.7. The maximum Gasteiger partial charge on any atom is 0.341 e. The minimum atomic E-state index is -0.511. The Hall–Kier alpha value is -1.95. The summed E-state index contributed by atoms with van der Waals surface area (Å²) in [6.45, 7) is 0.633. The fraction of sp³-hybridized carbons (Fsp3) is 0.417. The van der Waals surface area contributed by atoms with Gasteiger partial charge in [-0.15, -0.1) is 0 Å². The van der Waals surface area contributed by atoms with Gasteiger partial charge in [0, 0.05) is 18.7 Å². The molecule has 0 aliphatic heterocycles. The molecular weight excluding hydrogens is 238 g/mol. The maximum atomic E-state index is 11.6. The number of benzene rings is 1. The van der Waals surface area contributed by atoms with E-state index in [1.807, 2.05) is 0 Å². The van der Waals surface area contributed by atoms with Crippen LogP contribution in [0, 0.1) is 0 Å². The lowest BCUT2D eigenvalue weighted by molar-refractivity contribution is 0.0595. The van der Waals surface area contributed by atoms with Crippen molar-refractivity contribution in [1.82, 2.24) is 0 Å². The van der Waals surface area contributed by atoms with Crippen LogP contribution in [0.15, 0.2) is 12.1 Å². The van der Waals surface area contributed by atoms with Gasteiger partial charge in [0.05, 0.1) is 21.3 Å². The summed E-state index contributed by atoms with van der Waals surface area (Å²) >= 11 is 0. The van der Waals surface area contributed by atoms with Crippen molar-refractivity contribution in [3.63, 3.8) is 0 Å². The number of nitrogens with two attached hydrogens (primary N) is 1. The van der Waals surface area contributed by atoms with Gasteiger partial charge in [-0.2, -0.15) is 0 Å². The van der Waals surface area contributed by atoms with E-state index in [1.54, 1.807) is 6.07 Å². The Morgan fingerprint density at radius 2 is 1.72 bits per heavy atom. The fourth-order valence-corrected chi connectivity index (χ4v) is 1.42. The standard InChI is InChI=1S/C12H17NO5/c1-15-10-6-8(12(14)17-3)9(18-5-4-13)7-11(10)16-2/h6-7H,4-5,13H2,1-3H3. The lowest BCUT2D eigenvalue weighted by atomic mass is 10.1. The predicted molar refractivity (Wildman–Crippen MR) is 65.4 cm³/mol. The molecule has 0 saturated heterocycles. The summed E-state index contributed by atoms with van der Waals surface area (Å²) in [5.74, 6) is 0.739. The first-order chi connectivity index (χ1) is 8.67. The van der Waals surface area contributed by atoms with Crippen LogP contribution in [-0.2, 0) is 4.74 Å². The highest BCUT2D eigenvalue weighted by Gasteiger charge is 2.18. The van der Waals surface area contributed by atoms with Crippen molar-refractivity contribution >= 4 is 5.97 Å².